The van der Waals surface area contributed by atoms with E-state index in [2.05, 4.69) is 4.98 Å². The highest BCUT2D eigenvalue weighted by molar-refractivity contribution is 6.15. The molecule has 0 fully saturated rings. The Bertz CT molecular complexity index is 760. The fraction of sp³-hybridized carbons (Fsp3) is 0.0769. The van der Waals surface area contributed by atoms with Gasteiger partial charge in [-0.25, -0.2) is 4.79 Å². The highest BCUT2D eigenvalue weighted by atomic mass is 16.5. The van der Waals surface area contributed by atoms with Gasteiger partial charge < -0.3 is 14.3 Å². The number of hydrogen-bond acceptors (Lipinski definition) is 4. The van der Waals surface area contributed by atoms with Crippen LogP contribution in [0.3, 0.4) is 0 Å². The Hall–Kier alpha value is -2.56. The highest BCUT2D eigenvalue weighted by Gasteiger charge is 2.18. The van der Waals surface area contributed by atoms with Crippen molar-refractivity contribution >= 4 is 27.9 Å². The Morgan fingerprint density at radius 1 is 1.39 bits per heavy atom. The highest BCUT2D eigenvalue weighted by Crippen LogP contribution is 2.36. The molecule has 1 N–H and O–H groups in total. The van der Waals surface area contributed by atoms with Crippen LogP contribution in [0.15, 0.2) is 35.0 Å². The zero-order chi connectivity index (χ0) is 12.7. The third kappa shape index (κ3) is 1.34. The number of ether oxygens (including phenoxy) is 1. The van der Waals surface area contributed by atoms with E-state index in [0.717, 1.165) is 0 Å². The van der Waals surface area contributed by atoms with Gasteiger partial charge in [-0.3, -0.25) is 4.98 Å². The van der Waals surface area contributed by atoms with Crippen LogP contribution in [-0.2, 0) is 0 Å². The van der Waals surface area contributed by atoms with Crippen molar-refractivity contribution in [2.45, 2.75) is 0 Å². The van der Waals surface area contributed by atoms with E-state index in [0.29, 0.717) is 27.7 Å². The van der Waals surface area contributed by atoms with Crippen LogP contribution in [0, 0.1) is 0 Å². The predicted octanol–water partition coefficient (Wildman–Crippen LogP) is 2.69. The first-order chi connectivity index (χ1) is 8.72. The second kappa shape index (κ2) is 3.73. The van der Waals surface area contributed by atoms with E-state index in [1.165, 1.54) is 13.2 Å². The Balaban J connectivity index is 2.56. The van der Waals surface area contributed by atoms with Crippen molar-refractivity contribution < 1.29 is 19.1 Å². The summed E-state index contributed by atoms with van der Waals surface area (Å²) >= 11 is 0. The Kier molecular flexibility index (Phi) is 2.19. The van der Waals surface area contributed by atoms with Crippen LogP contribution in [-0.4, -0.2) is 23.2 Å². The van der Waals surface area contributed by atoms with Crippen molar-refractivity contribution in [1.82, 2.24) is 4.98 Å². The number of pyridine rings is 1. The van der Waals surface area contributed by atoms with Crippen molar-refractivity contribution in [3.05, 3.63) is 36.2 Å². The van der Waals surface area contributed by atoms with E-state index in [4.69, 9.17) is 9.15 Å². The van der Waals surface area contributed by atoms with Crippen LogP contribution in [0.2, 0.25) is 0 Å². The topological polar surface area (TPSA) is 72.6 Å². The van der Waals surface area contributed by atoms with Crippen LogP contribution in [0.4, 0.5) is 0 Å². The number of nitrogens with zero attached hydrogens (tertiary/aromatic N) is 1. The summed E-state index contributed by atoms with van der Waals surface area (Å²) in [5, 5.41) is 10.4. The van der Waals surface area contributed by atoms with Crippen molar-refractivity contribution in [1.29, 1.82) is 0 Å². The number of carboxylic acid groups (broad SMARTS) is 1. The molecule has 0 bridgehead atoms. The van der Waals surface area contributed by atoms with Crippen LogP contribution in [0.1, 0.15) is 10.4 Å². The zero-order valence-electron chi connectivity index (χ0n) is 9.51. The van der Waals surface area contributed by atoms with E-state index in [1.807, 2.05) is 0 Å². The minimum absolute atomic E-state index is 0.178. The summed E-state index contributed by atoms with van der Waals surface area (Å²) in [5.74, 6) is -0.500. The molecule has 0 radical (unpaired) electrons. The molecule has 0 saturated heterocycles. The van der Waals surface area contributed by atoms with E-state index >= 15 is 0 Å². The molecule has 18 heavy (non-hydrogen) atoms. The number of rotatable bonds is 2. The quantitative estimate of drug-likeness (QED) is 0.749. The molecule has 0 unspecified atom stereocenters. The number of carboxylic acids is 1. The van der Waals surface area contributed by atoms with Gasteiger partial charge in [0, 0.05) is 23.2 Å². The van der Waals surface area contributed by atoms with Crippen LogP contribution in [0.5, 0.6) is 5.75 Å². The van der Waals surface area contributed by atoms with Gasteiger partial charge in [0.1, 0.15) is 5.58 Å². The lowest BCUT2D eigenvalue weighted by atomic mass is 10.1. The second-order valence-electron chi connectivity index (χ2n) is 3.80. The molecular formula is C13H9NO4. The molecule has 3 rings (SSSR count). The SMILES string of the molecule is COc1ccc(C(=O)O)c2c1oc1ccncc12. The first-order valence-corrected chi connectivity index (χ1v) is 5.29. The molecule has 0 aliphatic rings. The minimum atomic E-state index is -1.01. The number of aromatic carboxylic acids is 1. The number of carbonyl (C=O) groups is 1. The van der Waals surface area contributed by atoms with Gasteiger partial charge in [0.15, 0.2) is 11.3 Å². The Labute approximate surface area is 102 Å². The van der Waals surface area contributed by atoms with Crippen LogP contribution < -0.4 is 4.74 Å². The standard InChI is InChI=1S/C13H9NO4/c1-17-10-3-2-7(13(15)16)11-8-6-14-5-4-9(8)18-12(10)11/h2-6H,1H3,(H,15,16). The largest absolute Gasteiger partial charge is 0.493 e. The van der Waals surface area contributed by atoms with Crippen molar-refractivity contribution in [3.63, 3.8) is 0 Å². The van der Waals surface area contributed by atoms with Gasteiger partial charge in [0.25, 0.3) is 0 Å². The number of furan rings is 1. The van der Waals surface area contributed by atoms with Gasteiger partial charge in [-0.1, -0.05) is 0 Å². The van der Waals surface area contributed by atoms with Gasteiger partial charge in [-0.05, 0) is 18.2 Å². The molecule has 0 aliphatic heterocycles. The van der Waals surface area contributed by atoms with E-state index < -0.39 is 5.97 Å². The third-order valence-electron chi connectivity index (χ3n) is 2.83. The van der Waals surface area contributed by atoms with Crippen molar-refractivity contribution in [2.75, 3.05) is 7.11 Å². The number of benzene rings is 1. The maximum absolute atomic E-state index is 11.3. The molecule has 0 amide bonds. The first kappa shape index (κ1) is 10.6. The number of hydrogen-bond donors (Lipinski definition) is 1. The molecule has 3 aromatic rings. The molecule has 0 spiro atoms. The average Bonchev–Trinajstić information content (AvgIpc) is 2.76. The third-order valence-corrected chi connectivity index (χ3v) is 2.83. The summed E-state index contributed by atoms with van der Waals surface area (Å²) in [6, 6.07) is 4.79. The van der Waals surface area contributed by atoms with Crippen molar-refractivity contribution in [2.24, 2.45) is 0 Å². The maximum atomic E-state index is 11.3. The zero-order valence-corrected chi connectivity index (χ0v) is 9.51. The van der Waals surface area contributed by atoms with Gasteiger partial charge in [0.2, 0.25) is 0 Å². The lowest BCUT2D eigenvalue weighted by molar-refractivity contribution is 0.0699. The minimum Gasteiger partial charge on any atom is -0.493 e. The lowest BCUT2D eigenvalue weighted by Crippen LogP contribution is -1.97. The van der Waals surface area contributed by atoms with Gasteiger partial charge in [0.05, 0.1) is 12.7 Å². The second-order valence-corrected chi connectivity index (χ2v) is 3.80. The summed E-state index contributed by atoms with van der Waals surface area (Å²) in [5.41, 5.74) is 1.20. The molecular weight excluding hydrogens is 234 g/mol. The number of fused-ring (bicyclic) bond motifs is 3. The number of aromatic nitrogens is 1. The molecule has 2 heterocycles. The summed E-state index contributed by atoms with van der Waals surface area (Å²) in [7, 11) is 1.51. The molecule has 1 aromatic carbocycles. The average molecular weight is 243 g/mol. The predicted molar refractivity (Wildman–Crippen MR) is 65.0 cm³/mol. The van der Waals surface area contributed by atoms with E-state index in [9.17, 15) is 9.90 Å². The molecule has 5 heteroatoms. The van der Waals surface area contributed by atoms with E-state index in [-0.39, 0.29) is 5.56 Å². The molecule has 5 nitrogen and oxygen atoms in total. The van der Waals surface area contributed by atoms with E-state index in [1.54, 1.807) is 24.5 Å². The first-order valence-electron chi connectivity index (χ1n) is 5.29. The molecule has 90 valence electrons. The van der Waals surface area contributed by atoms with Gasteiger partial charge in [-0.2, -0.15) is 0 Å². The normalized spacial score (nSPS) is 10.9. The Morgan fingerprint density at radius 2 is 2.22 bits per heavy atom. The molecule has 0 aliphatic carbocycles. The molecule has 0 atom stereocenters. The van der Waals surface area contributed by atoms with Gasteiger partial charge >= 0.3 is 5.97 Å². The fourth-order valence-corrected chi connectivity index (χ4v) is 2.04. The Morgan fingerprint density at radius 3 is 2.94 bits per heavy atom. The molecule has 2 aromatic heterocycles. The van der Waals surface area contributed by atoms with Crippen LogP contribution >= 0.6 is 0 Å². The monoisotopic (exact) mass is 243 g/mol. The molecule has 0 saturated carbocycles. The summed E-state index contributed by atoms with van der Waals surface area (Å²) in [6.45, 7) is 0. The maximum Gasteiger partial charge on any atom is 0.336 e. The summed E-state index contributed by atoms with van der Waals surface area (Å²) in [4.78, 5) is 15.3. The van der Waals surface area contributed by atoms with Gasteiger partial charge in [-0.15, -0.1) is 0 Å². The van der Waals surface area contributed by atoms with Crippen molar-refractivity contribution in [3.8, 4) is 5.75 Å². The summed E-state index contributed by atoms with van der Waals surface area (Å²) in [6.07, 6.45) is 3.19. The fourth-order valence-electron chi connectivity index (χ4n) is 2.04. The number of methoxy groups -OCH3 is 1. The smallest absolute Gasteiger partial charge is 0.336 e. The lowest BCUT2D eigenvalue weighted by Gasteiger charge is -2.02. The summed E-state index contributed by atoms with van der Waals surface area (Å²) < 4.78 is 10.8. The van der Waals surface area contributed by atoms with Crippen LogP contribution in [0.25, 0.3) is 21.9 Å².